The third-order valence-corrected chi connectivity index (χ3v) is 5.68. The predicted molar refractivity (Wildman–Crippen MR) is 91.3 cm³/mol. The Bertz CT molecular complexity index is 611. The SMILES string of the molecule is CSCCCNS(=O)(=O)c1ccc(C(=O)N[C@H]2CCOC2)cc1. The first-order valence-corrected chi connectivity index (χ1v) is 10.4. The third kappa shape index (κ3) is 5.49. The van der Waals surface area contributed by atoms with Crippen LogP contribution in [0.3, 0.4) is 0 Å². The van der Waals surface area contributed by atoms with Crippen LogP contribution < -0.4 is 10.0 Å². The molecule has 0 aliphatic carbocycles. The molecule has 2 N–H and O–H groups in total. The second-order valence-electron chi connectivity index (χ2n) is 5.30. The average Bonchev–Trinajstić information content (AvgIpc) is 3.05. The summed E-state index contributed by atoms with van der Waals surface area (Å²) in [7, 11) is -3.52. The molecule has 1 aromatic carbocycles. The quantitative estimate of drug-likeness (QED) is 0.683. The molecule has 1 atom stereocenters. The maximum atomic E-state index is 12.1. The van der Waals surface area contributed by atoms with E-state index in [0.717, 1.165) is 18.6 Å². The van der Waals surface area contributed by atoms with Gasteiger partial charge in [-0.05, 0) is 49.1 Å². The van der Waals surface area contributed by atoms with Gasteiger partial charge in [0.05, 0.1) is 17.5 Å². The first-order chi connectivity index (χ1) is 11.0. The Morgan fingerprint density at radius 1 is 1.35 bits per heavy atom. The minimum Gasteiger partial charge on any atom is -0.379 e. The maximum absolute atomic E-state index is 12.1. The number of nitrogens with one attached hydrogen (secondary N) is 2. The second kappa shape index (κ2) is 8.68. The molecule has 6 nitrogen and oxygen atoms in total. The fourth-order valence-electron chi connectivity index (χ4n) is 2.21. The predicted octanol–water partition coefficient (Wildman–Crippen LogP) is 1.24. The van der Waals surface area contributed by atoms with E-state index in [9.17, 15) is 13.2 Å². The summed E-state index contributed by atoms with van der Waals surface area (Å²) in [5, 5.41) is 2.87. The van der Waals surface area contributed by atoms with Gasteiger partial charge in [0.25, 0.3) is 5.91 Å². The molecule has 1 fully saturated rings. The van der Waals surface area contributed by atoms with E-state index in [0.29, 0.717) is 25.3 Å². The normalized spacial score (nSPS) is 18.0. The topological polar surface area (TPSA) is 84.5 Å². The monoisotopic (exact) mass is 358 g/mol. The van der Waals surface area contributed by atoms with Gasteiger partial charge in [-0.3, -0.25) is 4.79 Å². The van der Waals surface area contributed by atoms with Crippen molar-refractivity contribution < 1.29 is 17.9 Å². The second-order valence-corrected chi connectivity index (χ2v) is 8.06. The molecule has 23 heavy (non-hydrogen) atoms. The van der Waals surface area contributed by atoms with E-state index in [1.54, 1.807) is 11.8 Å². The first kappa shape index (κ1) is 18.3. The molecular weight excluding hydrogens is 336 g/mol. The number of thioether (sulfide) groups is 1. The molecule has 0 radical (unpaired) electrons. The summed E-state index contributed by atoms with van der Waals surface area (Å²) in [6.45, 7) is 1.59. The minimum absolute atomic E-state index is 0.0315. The number of rotatable bonds is 8. The molecule has 1 aliphatic rings. The minimum atomic E-state index is -3.52. The van der Waals surface area contributed by atoms with Crippen LogP contribution in [0.1, 0.15) is 23.2 Å². The molecule has 2 rings (SSSR count). The number of carbonyl (C=O) groups is 1. The molecule has 0 bridgehead atoms. The Labute approximate surface area is 141 Å². The van der Waals surface area contributed by atoms with Crippen LogP contribution in [-0.2, 0) is 14.8 Å². The smallest absolute Gasteiger partial charge is 0.251 e. The van der Waals surface area contributed by atoms with Crippen molar-refractivity contribution in [3.63, 3.8) is 0 Å². The van der Waals surface area contributed by atoms with Gasteiger partial charge in [-0.25, -0.2) is 13.1 Å². The van der Waals surface area contributed by atoms with Gasteiger partial charge >= 0.3 is 0 Å². The fourth-order valence-corrected chi connectivity index (χ4v) is 3.72. The Kier molecular flexibility index (Phi) is 6.88. The number of ether oxygens (including phenoxy) is 1. The number of hydrogen-bond donors (Lipinski definition) is 2. The highest BCUT2D eigenvalue weighted by molar-refractivity contribution is 7.98. The number of benzene rings is 1. The summed E-state index contributed by atoms with van der Waals surface area (Å²) >= 11 is 1.68. The van der Waals surface area contributed by atoms with Crippen LogP contribution in [0.5, 0.6) is 0 Å². The van der Waals surface area contributed by atoms with Crippen molar-refractivity contribution in [2.45, 2.75) is 23.8 Å². The molecule has 8 heteroatoms. The van der Waals surface area contributed by atoms with E-state index in [4.69, 9.17) is 4.74 Å². The summed E-state index contributed by atoms with van der Waals surface area (Å²) in [5.74, 6) is 0.698. The van der Waals surface area contributed by atoms with Crippen molar-refractivity contribution in [2.75, 3.05) is 31.8 Å². The van der Waals surface area contributed by atoms with Crippen molar-refractivity contribution in [1.82, 2.24) is 10.0 Å². The van der Waals surface area contributed by atoms with Crippen LogP contribution in [-0.4, -0.2) is 52.1 Å². The third-order valence-electron chi connectivity index (χ3n) is 3.51. The Morgan fingerprint density at radius 2 is 2.09 bits per heavy atom. The lowest BCUT2D eigenvalue weighted by molar-refractivity contribution is 0.0930. The van der Waals surface area contributed by atoms with Crippen LogP contribution in [0.2, 0.25) is 0 Å². The lowest BCUT2D eigenvalue weighted by atomic mass is 10.2. The zero-order valence-corrected chi connectivity index (χ0v) is 14.7. The molecule has 0 spiro atoms. The van der Waals surface area contributed by atoms with Crippen LogP contribution in [0.15, 0.2) is 29.2 Å². The van der Waals surface area contributed by atoms with Crippen molar-refractivity contribution in [2.24, 2.45) is 0 Å². The zero-order chi connectivity index (χ0) is 16.7. The Balaban J connectivity index is 1.93. The summed E-state index contributed by atoms with van der Waals surface area (Å²) in [5.41, 5.74) is 0.443. The molecule has 1 saturated heterocycles. The van der Waals surface area contributed by atoms with Crippen LogP contribution >= 0.6 is 11.8 Å². The molecule has 0 unspecified atom stereocenters. The van der Waals surface area contributed by atoms with Crippen molar-refractivity contribution in [3.05, 3.63) is 29.8 Å². The van der Waals surface area contributed by atoms with Crippen molar-refractivity contribution in [3.8, 4) is 0 Å². The van der Waals surface area contributed by atoms with Gasteiger partial charge in [0.2, 0.25) is 10.0 Å². The van der Waals surface area contributed by atoms with E-state index in [2.05, 4.69) is 10.0 Å². The van der Waals surface area contributed by atoms with Crippen LogP contribution in [0.4, 0.5) is 0 Å². The Hall–Kier alpha value is -1.09. The van der Waals surface area contributed by atoms with Gasteiger partial charge < -0.3 is 10.1 Å². The van der Waals surface area contributed by atoms with Crippen molar-refractivity contribution in [1.29, 1.82) is 0 Å². The van der Waals surface area contributed by atoms with E-state index >= 15 is 0 Å². The number of hydrogen-bond acceptors (Lipinski definition) is 5. The highest BCUT2D eigenvalue weighted by atomic mass is 32.2. The summed E-state index contributed by atoms with van der Waals surface area (Å²) < 4.78 is 32.0. The standard InChI is InChI=1S/C15H22N2O4S2/c1-22-10-2-8-16-23(19,20)14-5-3-12(4-6-14)15(18)17-13-7-9-21-11-13/h3-6,13,16H,2,7-11H2,1H3,(H,17,18)/t13-/m0/s1. The summed E-state index contributed by atoms with van der Waals surface area (Å²) in [4.78, 5) is 12.2. The van der Waals surface area contributed by atoms with E-state index in [-0.39, 0.29) is 16.8 Å². The first-order valence-electron chi connectivity index (χ1n) is 7.50. The zero-order valence-electron chi connectivity index (χ0n) is 13.1. The van der Waals surface area contributed by atoms with Gasteiger partial charge in [-0.2, -0.15) is 11.8 Å². The van der Waals surface area contributed by atoms with Crippen LogP contribution in [0, 0.1) is 0 Å². The van der Waals surface area contributed by atoms with E-state index in [1.165, 1.54) is 24.3 Å². The number of amides is 1. The average molecular weight is 358 g/mol. The fraction of sp³-hybridized carbons (Fsp3) is 0.533. The van der Waals surface area contributed by atoms with Gasteiger partial charge in [0.15, 0.2) is 0 Å². The largest absolute Gasteiger partial charge is 0.379 e. The highest BCUT2D eigenvalue weighted by Crippen LogP contribution is 2.12. The molecule has 128 valence electrons. The van der Waals surface area contributed by atoms with Crippen molar-refractivity contribution >= 4 is 27.7 Å². The van der Waals surface area contributed by atoms with E-state index in [1.807, 2.05) is 6.26 Å². The van der Waals surface area contributed by atoms with Gasteiger partial charge in [0, 0.05) is 18.7 Å². The molecule has 1 aliphatic heterocycles. The molecule has 0 saturated carbocycles. The molecular formula is C15H22N2O4S2. The van der Waals surface area contributed by atoms with E-state index < -0.39 is 10.0 Å². The summed E-state index contributed by atoms with van der Waals surface area (Å²) in [6.07, 6.45) is 3.57. The molecule has 1 amide bonds. The summed E-state index contributed by atoms with van der Waals surface area (Å²) in [6, 6.07) is 6.00. The van der Waals surface area contributed by atoms with Gasteiger partial charge in [0.1, 0.15) is 0 Å². The molecule has 1 heterocycles. The van der Waals surface area contributed by atoms with Gasteiger partial charge in [-0.15, -0.1) is 0 Å². The number of carbonyl (C=O) groups excluding carboxylic acids is 1. The number of sulfonamides is 1. The lowest BCUT2D eigenvalue weighted by Gasteiger charge is -2.11. The van der Waals surface area contributed by atoms with Crippen LogP contribution in [0.25, 0.3) is 0 Å². The highest BCUT2D eigenvalue weighted by Gasteiger charge is 2.19. The Morgan fingerprint density at radius 3 is 2.70 bits per heavy atom. The molecule has 1 aromatic rings. The maximum Gasteiger partial charge on any atom is 0.251 e. The van der Waals surface area contributed by atoms with Gasteiger partial charge in [-0.1, -0.05) is 0 Å². The lowest BCUT2D eigenvalue weighted by Crippen LogP contribution is -2.35. The molecule has 0 aromatic heterocycles.